The van der Waals surface area contributed by atoms with Gasteiger partial charge in [-0.2, -0.15) is 0 Å². The molecule has 3 rings (SSSR count). The van der Waals surface area contributed by atoms with E-state index < -0.39 is 6.10 Å². The summed E-state index contributed by atoms with van der Waals surface area (Å²) in [6.45, 7) is 0.802. The number of nitrogens with zero attached hydrogens (tertiary/aromatic N) is 3. The SMILES string of the molecule is O=C(c1cccc(Nc2ncccn2)c1)N1CC(O)C1. The topological polar surface area (TPSA) is 78.4 Å². The molecular weight excluding hydrogens is 256 g/mol. The number of carbonyl (C=O) groups is 1. The van der Waals surface area contributed by atoms with Gasteiger partial charge >= 0.3 is 0 Å². The Balaban J connectivity index is 1.74. The highest BCUT2D eigenvalue weighted by Crippen LogP contribution is 2.18. The van der Waals surface area contributed by atoms with Gasteiger partial charge in [-0.3, -0.25) is 4.79 Å². The molecule has 0 unspecified atom stereocenters. The van der Waals surface area contributed by atoms with Gasteiger partial charge in [-0.25, -0.2) is 9.97 Å². The first-order valence-electron chi connectivity index (χ1n) is 6.34. The largest absolute Gasteiger partial charge is 0.389 e. The summed E-state index contributed by atoms with van der Waals surface area (Å²) in [7, 11) is 0. The fourth-order valence-corrected chi connectivity index (χ4v) is 2.03. The summed E-state index contributed by atoms with van der Waals surface area (Å²) < 4.78 is 0. The summed E-state index contributed by atoms with van der Waals surface area (Å²) in [6.07, 6.45) is 2.90. The van der Waals surface area contributed by atoms with Crippen molar-refractivity contribution in [1.29, 1.82) is 0 Å². The minimum Gasteiger partial charge on any atom is -0.389 e. The van der Waals surface area contributed by atoms with Gasteiger partial charge in [-0.05, 0) is 24.3 Å². The van der Waals surface area contributed by atoms with Crippen LogP contribution in [0.4, 0.5) is 11.6 Å². The van der Waals surface area contributed by atoms with E-state index in [0.717, 1.165) is 5.69 Å². The molecule has 1 aliphatic rings. The normalized spacial score (nSPS) is 14.8. The van der Waals surface area contributed by atoms with Gasteiger partial charge in [-0.1, -0.05) is 6.07 Å². The Kier molecular flexibility index (Phi) is 3.30. The number of nitrogens with one attached hydrogen (secondary N) is 1. The number of hydrogen-bond donors (Lipinski definition) is 2. The lowest BCUT2D eigenvalue weighted by Crippen LogP contribution is -2.53. The van der Waals surface area contributed by atoms with Crippen LogP contribution in [0, 0.1) is 0 Å². The van der Waals surface area contributed by atoms with Gasteiger partial charge in [0.1, 0.15) is 0 Å². The van der Waals surface area contributed by atoms with Gasteiger partial charge in [0.2, 0.25) is 5.95 Å². The maximum Gasteiger partial charge on any atom is 0.254 e. The van der Waals surface area contributed by atoms with Crippen molar-refractivity contribution in [3.8, 4) is 0 Å². The second-order valence-corrected chi connectivity index (χ2v) is 4.64. The molecule has 0 spiro atoms. The summed E-state index contributed by atoms with van der Waals surface area (Å²) in [5, 5.41) is 12.3. The van der Waals surface area contributed by atoms with Crippen LogP contribution < -0.4 is 5.32 Å². The van der Waals surface area contributed by atoms with Crippen molar-refractivity contribution in [2.75, 3.05) is 18.4 Å². The fourth-order valence-electron chi connectivity index (χ4n) is 2.03. The van der Waals surface area contributed by atoms with E-state index in [4.69, 9.17) is 0 Å². The average molecular weight is 270 g/mol. The highest BCUT2D eigenvalue weighted by Gasteiger charge is 2.29. The van der Waals surface area contributed by atoms with Crippen LogP contribution in [-0.2, 0) is 0 Å². The molecule has 6 nitrogen and oxygen atoms in total. The standard InChI is InChI=1S/C14H14N4O2/c19-12-8-18(9-12)13(20)10-3-1-4-11(7-10)17-14-15-5-2-6-16-14/h1-7,12,19H,8-9H2,(H,15,16,17). The molecule has 0 bridgehead atoms. The second-order valence-electron chi connectivity index (χ2n) is 4.64. The molecule has 2 N–H and O–H groups in total. The van der Waals surface area contributed by atoms with Crippen LogP contribution in [0.1, 0.15) is 10.4 Å². The maximum absolute atomic E-state index is 12.1. The monoisotopic (exact) mass is 270 g/mol. The predicted molar refractivity (Wildman–Crippen MR) is 73.7 cm³/mol. The zero-order valence-electron chi connectivity index (χ0n) is 10.7. The summed E-state index contributed by atoms with van der Waals surface area (Å²) in [6, 6.07) is 8.89. The van der Waals surface area contributed by atoms with Crippen LogP contribution in [-0.4, -0.2) is 45.1 Å². The van der Waals surface area contributed by atoms with Crippen molar-refractivity contribution in [2.24, 2.45) is 0 Å². The van der Waals surface area contributed by atoms with Crippen molar-refractivity contribution in [2.45, 2.75) is 6.10 Å². The number of hydrogen-bond acceptors (Lipinski definition) is 5. The van der Waals surface area contributed by atoms with Crippen molar-refractivity contribution >= 4 is 17.5 Å². The van der Waals surface area contributed by atoms with Gasteiger partial charge in [0.05, 0.1) is 6.10 Å². The third-order valence-electron chi connectivity index (χ3n) is 3.08. The highest BCUT2D eigenvalue weighted by molar-refractivity contribution is 5.95. The number of rotatable bonds is 3. The van der Waals surface area contributed by atoms with Crippen LogP contribution in [0.15, 0.2) is 42.7 Å². The molecule has 0 atom stereocenters. The lowest BCUT2D eigenvalue weighted by molar-refractivity contribution is 0.00590. The maximum atomic E-state index is 12.1. The van der Waals surface area contributed by atoms with E-state index in [1.54, 1.807) is 41.6 Å². The number of β-amino-alcohol motifs (C(OH)–C–C–N with tert-alkyl or cyclic N) is 1. The molecule has 1 amide bonds. The Morgan fingerprint density at radius 1 is 1.25 bits per heavy atom. The quantitative estimate of drug-likeness (QED) is 0.871. The minimum absolute atomic E-state index is 0.0760. The van der Waals surface area contributed by atoms with Crippen LogP contribution in [0.25, 0.3) is 0 Å². The van der Waals surface area contributed by atoms with E-state index in [1.807, 2.05) is 6.07 Å². The first-order chi connectivity index (χ1) is 9.72. The first-order valence-corrected chi connectivity index (χ1v) is 6.34. The molecule has 1 aromatic carbocycles. The van der Waals surface area contributed by atoms with E-state index in [0.29, 0.717) is 24.6 Å². The number of carbonyl (C=O) groups excluding carboxylic acids is 1. The zero-order chi connectivity index (χ0) is 13.9. The van der Waals surface area contributed by atoms with Crippen molar-refractivity contribution in [3.63, 3.8) is 0 Å². The highest BCUT2D eigenvalue weighted by atomic mass is 16.3. The Labute approximate surface area is 116 Å². The Bertz CT molecular complexity index is 612. The van der Waals surface area contributed by atoms with Crippen LogP contribution in [0.2, 0.25) is 0 Å². The smallest absolute Gasteiger partial charge is 0.254 e. The molecule has 2 heterocycles. The second kappa shape index (κ2) is 5.26. The molecule has 102 valence electrons. The molecular formula is C14H14N4O2. The Morgan fingerprint density at radius 3 is 2.70 bits per heavy atom. The fraction of sp³-hybridized carbons (Fsp3) is 0.214. The molecule has 0 saturated carbocycles. The van der Waals surface area contributed by atoms with Crippen LogP contribution >= 0.6 is 0 Å². The zero-order valence-corrected chi connectivity index (χ0v) is 10.7. The lowest BCUT2D eigenvalue weighted by Gasteiger charge is -2.35. The molecule has 1 aromatic heterocycles. The summed E-state index contributed by atoms with van der Waals surface area (Å²) in [5.41, 5.74) is 1.33. The molecule has 1 aliphatic heterocycles. The number of anilines is 2. The number of aromatic nitrogens is 2. The van der Waals surface area contributed by atoms with E-state index >= 15 is 0 Å². The summed E-state index contributed by atoms with van der Waals surface area (Å²) in [5.74, 6) is 0.407. The van der Waals surface area contributed by atoms with Crippen molar-refractivity contribution in [3.05, 3.63) is 48.3 Å². The van der Waals surface area contributed by atoms with Gasteiger partial charge in [-0.15, -0.1) is 0 Å². The molecule has 0 radical (unpaired) electrons. The number of aliphatic hydroxyl groups excluding tert-OH is 1. The van der Waals surface area contributed by atoms with E-state index in [-0.39, 0.29) is 5.91 Å². The minimum atomic E-state index is -0.391. The van der Waals surface area contributed by atoms with Gasteiger partial charge < -0.3 is 15.3 Å². The number of aliphatic hydroxyl groups is 1. The summed E-state index contributed by atoms with van der Waals surface area (Å²) in [4.78, 5) is 21.9. The van der Waals surface area contributed by atoms with Gasteiger partial charge in [0.25, 0.3) is 5.91 Å². The van der Waals surface area contributed by atoms with Gasteiger partial charge in [0, 0.05) is 36.7 Å². The Morgan fingerprint density at radius 2 is 2.00 bits per heavy atom. The molecule has 1 fully saturated rings. The van der Waals surface area contributed by atoms with Crippen LogP contribution in [0.3, 0.4) is 0 Å². The number of amides is 1. The molecule has 6 heteroatoms. The third-order valence-corrected chi connectivity index (χ3v) is 3.08. The van der Waals surface area contributed by atoms with E-state index in [1.165, 1.54) is 0 Å². The third kappa shape index (κ3) is 2.60. The molecule has 1 saturated heterocycles. The summed E-state index contributed by atoms with van der Waals surface area (Å²) >= 11 is 0. The van der Waals surface area contributed by atoms with Gasteiger partial charge in [0.15, 0.2) is 0 Å². The molecule has 20 heavy (non-hydrogen) atoms. The van der Waals surface area contributed by atoms with E-state index in [9.17, 15) is 9.90 Å². The molecule has 2 aromatic rings. The van der Waals surface area contributed by atoms with E-state index in [2.05, 4.69) is 15.3 Å². The number of benzene rings is 1. The van der Waals surface area contributed by atoms with Crippen LogP contribution in [0.5, 0.6) is 0 Å². The average Bonchev–Trinajstić information content (AvgIpc) is 2.45. The lowest BCUT2D eigenvalue weighted by atomic mass is 10.1. The first kappa shape index (κ1) is 12.6. The Hall–Kier alpha value is -2.47. The molecule has 0 aliphatic carbocycles. The predicted octanol–water partition coefficient (Wildman–Crippen LogP) is 1.04. The van der Waals surface area contributed by atoms with Crippen molar-refractivity contribution < 1.29 is 9.90 Å². The van der Waals surface area contributed by atoms with Crippen molar-refractivity contribution in [1.82, 2.24) is 14.9 Å². The number of likely N-dealkylation sites (tertiary alicyclic amines) is 1.